The molecule has 0 aromatic heterocycles. The smallest absolute Gasteiger partial charge is 0.246 e. The van der Waals surface area contributed by atoms with Gasteiger partial charge in [-0.05, 0) is 38.1 Å². The van der Waals surface area contributed by atoms with Crippen molar-refractivity contribution in [3.05, 3.63) is 60.2 Å². The first-order valence-corrected chi connectivity index (χ1v) is 9.69. The highest BCUT2D eigenvalue weighted by molar-refractivity contribution is 5.97. The van der Waals surface area contributed by atoms with Crippen LogP contribution in [0.5, 0.6) is 5.75 Å². The molecule has 2 aromatic rings. The summed E-state index contributed by atoms with van der Waals surface area (Å²) in [5.74, 6) is 0.314. The van der Waals surface area contributed by atoms with Gasteiger partial charge < -0.3 is 15.4 Å². The van der Waals surface area contributed by atoms with Gasteiger partial charge in [0.15, 0.2) is 0 Å². The molecule has 2 aromatic carbocycles. The lowest BCUT2D eigenvalue weighted by atomic mass is 10.0. The number of benzene rings is 2. The summed E-state index contributed by atoms with van der Waals surface area (Å²) in [6.45, 7) is 7.47. The molecule has 2 N–H and O–H groups in total. The van der Waals surface area contributed by atoms with Crippen LogP contribution in [0.15, 0.2) is 54.6 Å². The fourth-order valence-corrected chi connectivity index (χ4v) is 3.04. The van der Waals surface area contributed by atoms with E-state index in [4.69, 9.17) is 4.74 Å². The number of amides is 2. The molecule has 0 aliphatic heterocycles. The monoisotopic (exact) mass is 383 g/mol. The van der Waals surface area contributed by atoms with E-state index in [1.54, 1.807) is 0 Å². The second-order valence-corrected chi connectivity index (χ2v) is 6.25. The van der Waals surface area contributed by atoms with Crippen molar-refractivity contribution in [1.82, 2.24) is 10.2 Å². The average Bonchev–Trinajstić information content (AvgIpc) is 2.70. The Morgan fingerprint density at radius 2 is 1.68 bits per heavy atom. The minimum atomic E-state index is -0.594. The summed E-state index contributed by atoms with van der Waals surface area (Å²) in [5, 5.41) is 5.78. The zero-order valence-corrected chi connectivity index (χ0v) is 16.8. The molecule has 6 nitrogen and oxygen atoms in total. The Morgan fingerprint density at radius 1 is 1.00 bits per heavy atom. The van der Waals surface area contributed by atoms with Crippen LogP contribution in [0, 0.1) is 0 Å². The molecule has 2 amide bonds. The molecule has 1 atom stereocenters. The van der Waals surface area contributed by atoms with Gasteiger partial charge in [-0.2, -0.15) is 0 Å². The van der Waals surface area contributed by atoms with Crippen LogP contribution in [0.25, 0.3) is 0 Å². The molecule has 2 rings (SSSR count). The van der Waals surface area contributed by atoms with Crippen molar-refractivity contribution in [1.29, 1.82) is 0 Å². The number of hydrogen-bond acceptors (Lipinski definition) is 4. The van der Waals surface area contributed by atoms with Crippen LogP contribution in [0.4, 0.5) is 5.69 Å². The van der Waals surface area contributed by atoms with Crippen LogP contribution < -0.4 is 15.4 Å². The van der Waals surface area contributed by atoms with Crippen molar-refractivity contribution >= 4 is 17.5 Å². The van der Waals surface area contributed by atoms with Gasteiger partial charge in [0.2, 0.25) is 11.8 Å². The van der Waals surface area contributed by atoms with E-state index in [2.05, 4.69) is 10.6 Å². The van der Waals surface area contributed by atoms with Gasteiger partial charge in [0, 0.05) is 6.54 Å². The molecule has 28 heavy (non-hydrogen) atoms. The predicted octanol–water partition coefficient (Wildman–Crippen LogP) is 3.22. The Morgan fingerprint density at radius 3 is 2.32 bits per heavy atom. The fourth-order valence-electron chi connectivity index (χ4n) is 3.04. The summed E-state index contributed by atoms with van der Waals surface area (Å²) < 4.78 is 5.61. The maximum absolute atomic E-state index is 13.3. The quantitative estimate of drug-likeness (QED) is 0.661. The maximum atomic E-state index is 13.3. The van der Waals surface area contributed by atoms with Crippen LogP contribution in [0.3, 0.4) is 0 Å². The maximum Gasteiger partial charge on any atom is 0.246 e. The topological polar surface area (TPSA) is 70.7 Å². The summed E-state index contributed by atoms with van der Waals surface area (Å²) in [6, 6.07) is 16.2. The van der Waals surface area contributed by atoms with E-state index in [1.165, 1.54) is 0 Å². The summed E-state index contributed by atoms with van der Waals surface area (Å²) >= 11 is 0. The van der Waals surface area contributed by atoms with Gasteiger partial charge in [0.25, 0.3) is 0 Å². The SMILES string of the molecule is CCNC(=O)CN(CC)[C@H](C(=O)Nc1ccccc1OCC)c1ccccc1. The van der Waals surface area contributed by atoms with Crippen LogP contribution in [0.2, 0.25) is 0 Å². The lowest BCUT2D eigenvalue weighted by molar-refractivity contribution is -0.126. The number of hydrogen-bond donors (Lipinski definition) is 2. The highest BCUT2D eigenvalue weighted by Gasteiger charge is 2.28. The molecular weight excluding hydrogens is 354 g/mol. The van der Waals surface area contributed by atoms with E-state index in [0.29, 0.717) is 31.1 Å². The van der Waals surface area contributed by atoms with E-state index in [0.717, 1.165) is 5.56 Å². The first-order valence-electron chi connectivity index (χ1n) is 9.69. The molecule has 0 radical (unpaired) electrons. The van der Waals surface area contributed by atoms with Gasteiger partial charge in [0.1, 0.15) is 11.8 Å². The van der Waals surface area contributed by atoms with Gasteiger partial charge in [0.05, 0.1) is 18.8 Å². The van der Waals surface area contributed by atoms with E-state index < -0.39 is 6.04 Å². The van der Waals surface area contributed by atoms with Crippen molar-refractivity contribution in [3.63, 3.8) is 0 Å². The first kappa shape index (κ1) is 21.4. The number of ether oxygens (including phenoxy) is 1. The highest BCUT2D eigenvalue weighted by Crippen LogP contribution is 2.27. The number of rotatable bonds is 10. The molecule has 0 saturated carbocycles. The third kappa shape index (κ3) is 5.82. The molecule has 0 aliphatic carbocycles. The zero-order chi connectivity index (χ0) is 20.4. The van der Waals surface area contributed by atoms with Crippen molar-refractivity contribution in [3.8, 4) is 5.75 Å². The van der Waals surface area contributed by atoms with Crippen LogP contribution in [-0.2, 0) is 9.59 Å². The average molecular weight is 383 g/mol. The van der Waals surface area contributed by atoms with Crippen molar-refractivity contribution < 1.29 is 14.3 Å². The van der Waals surface area contributed by atoms with Gasteiger partial charge in [-0.3, -0.25) is 14.5 Å². The molecule has 0 heterocycles. The third-order valence-electron chi connectivity index (χ3n) is 4.30. The Bertz CT molecular complexity index is 765. The number of para-hydroxylation sites is 2. The predicted molar refractivity (Wildman–Crippen MR) is 111 cm³/mol. The van der Waals surface area contributed by atoms with Crippen LogP contribution in [-0.4, -0.2) is 43.0 Å². The molecule has 0 aliphatic rings. The molecule has 0 saturated heterocycles. The van der Waals surface area contributed by atoms with Gasteiger partial charge in [-0.15, -0.1) is 0 Å². The number of nitrogens with one attached hydrogen (secondary N) is 2. The molecule has 0 bridgehead atoms. The Labute approximate surface area is 166 Å². The molecule has 0 spiro atoms. The minimum Gasteiger partial charge on any atom is -0.492 e. The molecule has 0 fully saturated rings. The third-order valence-corrected chi connectivity index (χ3v) is 4.30. The van der Waals surface area contributed by atoms with E-state index in [-0.39, 0.29) is 18.4 Å². The lowest BCUT2D eigenvalue weighted by Crippen LogP contribution is -2.43. The van der Waals surface area contributed by atoms with E-state index >= 15 is 0 Å². The summed E-state index contributed by atoms with van der Waals surface area (Å²) in [6.07, 6.45) is 0. The van der Waals surface area contributed by atoms with E-state index in [9.17, 15) is 9.59 Å². The lowest BCUT2D eigenvalue weighted by Gasteiger charge is -2.29. The zero-order valence-electron chi connectivity index (χ0n) is 16.8. The van der Waals surface area contributed by atoms with Gasteiger partial charge in [-0.1, -0.05) is 49.4 Å². The van der Waals surface area contributed by atoms with Gasteiger partial charge in [-0.25, -0.2) is 0 Å². The number of carbonyl (C=O) groups is 2. The molecule has 6 heteroatoms. The number of nitrogens with zero attached hydrogens (tertiary/aromatic N) is 1. The minimum absolute atomic E-state index is 0.104. The standard InChI is InChI=1S/C22H29N3O3/c1-4-23-20(26)16-25(5-2)21(17-12-8-7-9-13-17)22(27)24-18-14-10-11-15-19(18)28-6-3/h7-15,21H,4-6,16H2,1-3H3,(H,23,26)(H,24,27)/t21-/m0/s1. The second kappa shape index (κ2) is 11.1. The largest absolute Gasteiger partial charge is 0.492 e. The van der Waals surface area contributed by atoms with Crippen molar-refractivity contribution in [2.75, 3.05) is 31.6 Å². The Balaban J connectivity index is 2.31. The summed E-state index contributed by atoms with van der Waals surface area (Å²) in [4.78, 5) is 27.3. The van der Waals surface area contributed by atoms with Crippen molar-refractivity contribution in [2.45, 2.75) is 26.8 Å². The number of anilines is 1. The van der Waals surface area contributed by atoms with Crippen LogP contribution in [0.1, 0.15) is 32.4 Å². The second-order valence-electron chi connectivity index (χ2n) is 6.25. The Kier molecular flexibility index (Phi) is 8.49. The van der Waals surface area contributed by atoms with E-state index in [1.807, 2.05) is 80.3 Å². The fraction of sp³-hybridized carbons (Fsp3) is 0.364. The molecular formula is C22H29N3O3. The van der Waals surface area contributed by atoms with Crippen LogP contribution >= 0.6 is 0 Å². The highest BCUT2D eigenvalue weighted by atomic mass is 16.5. The normalized spacial score (nSPS) is 11.7. The first-order chi connectivity index (χ1) is 13.6. The summed E-state index contributed by atoms with van der Waals surface area (Å²) in [5.41, 5.74) is 1.45. The molecule has 0 unspecified atom stereocenters. The number of carbonyl (C=O) groups excluding carboxylic acids is 2. The number of likely N-dealkylation sites (N-methyl/N-ethyl adjacent to an activating group) is 2. The van der Waals surface area contributed by atoms with Gasteiger partial charge >= 0.3 is 0 Å². The summed E-state index contributed by atoms with van der Waals surface area (Å²) in [7, 11) is 0. The van der Waals surface area contributed by atoms with Crippen molar-refractivity contribution in [2.24, 2.45) is 0 Å². The molecule has 150 valence electrons. The Hall–Kier alpha value is -2.86.